The number of carbonyl (C=O) groups is 1. The molecule has 3 heterocycles. The van der Waals surface area contributed by atoms with Crippen molar-refractivity contribution in [1.82, 2.24) is 9.97 Å². The van der Waals surface area contributed by atoms with Crippen molar-refractivity contribution in [3.8, 4) is 10.6 Å². The first kappa shape index (κ1) is 15.0. The standard InChI is InChI=1S/C19H17N3OS/c1-12-10-14-6-3-4-8-16(14)22(12)19(23)17-13(2)21-18(24-17)15-7-5-9-20-11-15/h3-9,11-12H,10H2,1-2H3/t12-/m0/s1. The van der Waals surface area contributed by atoms with Crippen LogP contribution in [0.3, 0.4) is 0 Å². The molecule has 0 saturated heterocycles. The van der Waals surface area contributed by atoms with Crippen LogP contribution in [-0.4, -0.2) is 21.9 Å². The minimum absolute atomic E-state index is 0.0394. The Balaban J connectivity index is 1.72. The van der Waals surface area contributed by atoms with Crippen LogP contribution < -0.4 is 4.90 Å². The first-order valence-corrected chi connectivity index (χ1v) is 8.76. The van der Waals surface area contributed by atoms with E-state index in [1.807, 2.05) is 42.2 Å². The number of hydrogen-bond acceptors (Lipinski definition) is 4. The first-order chi connectivity index (χ1) is 11.6. The van der Waals surface area contributed by atoms with E-state index in [0.717, 1.165) is 28.4 Å². The summed E-state index contributed by atoms with van der Waals surface area (Å²) in [5.74, 6) is 0.0394. The summed E-state index contributed by atoms with van der Waals surface area (Å²) in [6.45, 7) is 3.99. The Bertz CT molecular complexity index is 904. The average molecular weight is 335 g/mol. The fourth-order valence-corrected chi connectivity index (χ4v) is 4.19. The lowest BCUT2D eigenvalue weighted by atomic mass is 10.1. The zero-order valence-electron chi connectivity index (χ0n) is 13.6. The molecule has 3 aromatic rings. The smallest absolute Gasteiger partial charge is 0.270 e. The van der Waals surface area contributed by atoms with Crippen LogP contribution in [0.1, 0.15) is 27.9 Å². The Morgan fingerprint density at radius 3 is 2.88 bits per heavy atom. The molecule has 4 rings (SSSR count). The zero-order chi connectivity index (χ0) is 16.7. The molecule has 1 aromatic carbocycles. The van der Waals surface area contributed by atoms with Crippen LogP contribution >= 0.6 is 11.3 Å². The summed E-state index contributed by atoms with van der Waals surface area (Å²) in [6, 6.07) is 12.1. The van der Waals surface area contributed by atoms with E-state index in [1.165, 1.54) is 16.9 Å². The largest absolute Gasteiger partial charge is 0.304 e. The average Bonchev–Trinajstić information content (AvgIpc) is 3.14. The summed E-state index contributed by atoms with van der Waals surface area (Å²) in [7, 11) is 0. The molecule has 120 valence electrons. The number of benzene rings is 1. The van der Waals surface area contributed by atoms with Crippen LogP contribution in [0.25, 0.3) is 10.6 Å². The highest BCUT2D eigenvalue weighted by molar-refractivity contribution is 7.17. The summed E-state index contributed by atoms with van der Waals surface area (Å²) in [4.78, 5) is 24.5. The van der Waals surface area contributed by atoms with Gasteiger partial charge >= 0.3 is 0 Å². The van der Waals surface area contributed by atoms with Crippen LogP contribution in [-0.2, 0) is 6.42 Å². The van der Waals surface area contributed by atoms with Gasteiger partial charge < -0.3 is 4.90 Å². The Labute approximate surface area is 144 Å². The van der Waals surface area contributed by atoms with Crippen LogP contribution in [0, 0.1) is 6.92 Å². The van der Waals surface area contributed by atoms with Gasteiger partial charge in [0.2, 0.25) is 0 Å². The molecule has 0 bridgehead atoms. The summed E-state index contributed by atoms with van der Waals surface area (Å²) in [5, 5.41) is 0.837. The number of aryl methyl sites for hydroxylation is 1. The molecule has 24 heavy (non-hydrogen) atoms. The van der Waals surface area contributed by atoms with Gasteiger partial charge in [-0.2, -0.15) is 0 Å². The van der Waals surface area contributed by atoms with Crippen LogP contribution in [0.15, 0.2) is 48.8 Å². The van der Waals surface area contributed by atoms with Crippen LogP contribution in [0.2, 0.25) is 0 Å². The van der Waals surface area contributed by atoms with Gasteiger partial charge in [0.25, 0.3) is 5.91 Å². The zero-order valence-corrected chi connectivity index (χ0v) is 14.4. The van der Waals surface area contributed by atoms with Crippen LogP contribution in [0.5, 0.6) is 0 Å². The predicted molar refractivity (Wildman–Crippen MR) is 96.5 cm³/mol. The van der Waals surface area contributed by atoms with Gasteiger partial charge in [0.15, 0.2) is 0 Å². The van der Waals surface area contributed by atoms with Crippen LogP contribution in [0.4, 0.5) is 5.69 Å². The fraction of sp³-hybridized carbons (Fsp3) is 0.211. The SMILES string of the molecule is Cc1nc(-c2cccnc2)sc1C(=O)N1c2ccccc2C[C@@H]1C. The van der Waals surface area contributed by atoms with E-state index in [4.69, 9.17) is 0 Å². The quantitative estimate of drug-likeness (QED) is 0.708. The molecule has 1 aliphatic heterocycles. The van der Waals surface area contributed by atoms with Gasteiger partial charge in [-0.25, -0.2) is 4.98 Å². The third kappa shape index (κ3) is 2.41. The van der Waals surface area contributed by atoms with E-state index < -0.39 is 0 Å². The van der Waals surface area contributed by atoms with E-state index in [0.29, 0.717) is 4.88 Å². The molecular weight excluding hydrogens is 318 g/mol. The second-order valence-electron chi connectivity index (χ2n) is 6.03. The van der Waals surface area contributed by atoms with Gasteiger partial charge in [-0.05, 0) is 44.0 Å². The number of hydrogen-bond donors (Lipinski definition) is 0. The maximum Gasteiger partial charge on any atom is 0.270 e. The van der Waals surface area contributed by atoms with Gasteiger partial charge in [-0.1, -0.05) is 18.2 Å². The molecule has 0 aliphatic carbocycles. The number of anilines is 1. The lowest BCUT2D eigenvalue weighted by molar-refractivity contribution is 0.0984. The minimum Gasteiger partial charge on any atom is -0.304 e. The molecule has 2 aromatic heterocycles. The molecule has 0 fully saturated rings. The van der Waals surface area contributed by atoms with Crippen molar-refractivity contribution in [2.24, 2.45) is 0 Å². The number of rotatable bonds is 2. The summed E-state index contributed by atoms with van der Waals surface area (Å²) >= 11 is 1.44. The molecule has 5 heteroatoms. The Kier molecular flexibility index (Phi) is 3.65. The number of nitrogens with zero attached hydrogens (tertiary/aromatic N) is 3. The van der Waals surface area contributed by atoms with E-state index in [-0.39, 0.29) is 11.9 Å². The van der Waals surface area contributed by atoms with Gasteiger partial charge in [-0.3, -0.25) is 9.78 Å². The highest BCUT2D eigenvalue weighted by Crippen LogP contribution is 2.35. The molecule has 0 unspecified atom stereocenters. The van der Waals surface area contributed by atoms with Gasteiger partial charge in [0.05, 0.1) is 5.69 Å². The number of para-hydroxylation sites is 1. The molecule has 0 saturated carbocycles. The molecule has 1 amide bonds. The highest BCUT2D eigenvalue weighted by Gasteiger charge is 2.33. The van der Waals surface area contributed by atoms with Crippen molar-refractivity contribution >= 4 is 22.9 Å². The minimum atomic E-state index is 0.0394. The maximum atomic E-state index is 13.2. The number of pyridine rings is 1. The third-order valence-electron chi connectivity index (χ3n) is 4.33. The number of thiazole rings is 1. The topological polar surface area (TPSA) is 46.1 Å². The van der Waals surface area contributed by atoms with E-state index >= 15 is 0 Å². The number of amides is 1. The fourth-order valence-electron chi connectivity index (χ4n) is 3.19. The maximum absolute atomic E-state index is 13.2. The van der Waals surface area contributed by atoms with Crippen molar-refractivity contribution in [2.75, 3.05) is 4.90 Å². The second kappa shape index (κ2) is 5.83. The van der Waals surface area contributed by atoms with Gasteiger partial charge in [0, 0.05) is 29.7 Å². The Morgan fingerprint density at radius 1 is 1.25 bits per heavy atom. The molecule has 0 radical (unpaired) electrons. The van der Waals surface area contributed by atoms with Crippen molar-refractivity contribution in [2.45, 2.75) is 26.3 Å². The van der Waals surface area contributed by atoms with Crippen molar-refractivity contribution in [3.05, 3.63) is 64.9 Å². The van der Waals surface area contributed by atoms with E-state index in [9.17, 15) is 4.79 Å². The van der Waals surface area contributed by atoms with Crippen molar-refractivity contribution < 1.29 is 4.79 Å². The summed E-state index contributed by atoms with van der Waals surface area (Å²) in [6.07, 6.45) is 4.41. The molecule has 4 nitrogen and oxygen atoms in total. The van der Waals surface area contributed by atoms with Crippen molar-refractivity contribution in [3.63, 3.8) is 0 Å². The molecule has 0 N–H and O–H groups in total. The second-order valence-corrected chi connectivity index (χ2v) is 7.03. The molecular formula is C19H17N3OS. The summed E-state index contributed by atoms with van der Waals surface area (Å²) in [5.41, 5.74) is 3.97. The predicted octanol–water partition coefficient (Wildman–Crippen LogP) is 4.10. The van der Waals surface area contributed by atoms with E-state index in [2.05, 4.69) is 23.0 Å². The molecule has 0 spiro atoms. The monoisotopic (exact) mass is 335 g/mol. The lowest BCUT2D eigenvalue weighted by Gasteiger charge is -2.22. The molecule has 1 aliphatic rings. The van der Waals surface area contributed by atoms with Gasteiger partial charge in [0.1, 0.15) is 9.88 Å². The van der Waals surface area contributed by atoms with E-state index in [1.54, 1.807) is 12.4 Å². The highest BCUT2D eigenvalue weighted by atomic mass is 32.1. The molecule has 1 atom stereocenters. The Morgan fingerprint density at radius 2 is 2.08 bits per heavy atom. The third-order valence-corrected chi connectivity index (χ3v) is 5.52. The normalized spacial score (nSPS) is 16.2. The Hall–Kier alpha value is -2.53. The lowest BCUT2D eigenvalue weighted by Crippen LogP contribution is -2.35. The summed E-state index contributed by atoms with van der Waals surface area (Å²) < 4.78 is 0. The first-order valence-electron chi connectivity index (χ1n) is 7.94. The number of fused-ring (bicyclic) bond motifs is 1. The number of aromatic nitrogens is 2. The number of carbonyl (C=O) groups excluding carboxylic acids is 1. The van der Waals surface area contributed by atoms with Gasteiger partial charge in [-0.15, -0.1) is 11.3 Å². The van der Waals surface area contributed by atoms with Crippen molar-refractivity contribution in [1.29, 1.82) is 0 Å².